The third-order valence-electron chi connectivity index (χ3n) is 3.74. The summed E-state index contributed by atoms with van der Waals surface area (Å²) in [5.74, 6) is 2.50. The summed E-state index contributed by atoms with van der Waals surface area (Å²) in [6, 6.07) is 13.9. The van der Waals surface area contributed by atoms with Crippen LogP contribution in [0, 0.1) is 6.92 Å². The van der Waals surface area contributed by atoms with Gasteiger partial charge in [-0.05, 0) is 24.6 Å². The Morgan fingerprint density at radius 2 is 2.00 bits per heavy atom. The summed E-state index contributed by atoms with van der Waals surface area (Å²) >= 11 is 0. The van der Waals surface area contributed by atoms with Crippen molar-refractivity contribution in [2.45, 2.75) is 13.5 Å². The third kappa shape index (κ3) is 3.60. The molecule has 0 radical (unpaired) electrons. The standard InChI is InChI=1S/C18H17N5O2/c1-12-3-2-4-13(7-12)9-19-17-10-20-23-18(22-17)21-14-5-6-15-16(8-14)25-11-24-15/h2-8,10H,9,11H2,1H3,(H2,19,21,22,23). The van der Waals surface area contributed by atoms with E-state index in [-0.39, 0.29) is 6.79 Å². The fourth-order valence-corrected chi connectivity index (χ4v) is 2.56. The summed E-state index contributed by atoms with van der Waals surface area (Å²) in [5, 5.41) is 14.4. The highest BCUT2D eigenvalue weighted by atomic mass is 16.7. The number of aryl methyl sites for hydroxylation is 1. The molecular formula is C18H17N5O2. The first kappa shape index (κ1) is 15.2. The van der Waals surface area contributed by atoms with Crippen LogP contribution in [-0.2, 0) is 6.54 Å². The molecule has 126 valence electrons. The number of nitrogens with one attached hydrogen (secondary N) is 2. The lowest BCUT2D eigenvalue weighted by molar-refractivity contribution is 0.174. The first-order valence-corrected chi connectivity index (χ1v) is 7.92. The van der Waals surface area contributed by atoms with Gasteiger partial charge in [-0.15, -0.1) is 5.10 Å². The van der Waals surface area contributed by atoms with Crippen LogP contribution in [0.4, 0.5) is 17.5 Å². The maximum absolute atomic E-state index is 5.37. The minimum absolute atomic E-state index is 0.245. The van der Waals surface area contributed by atoms with E-state index in [1.807, 2.05) is 24.3 Å². The van der Waals surface area contributed by atoms with Crippen molar-refractivity contribution >= 4 is 17.5 Å². The Bertz CT molecular complexity index is 900. The molecule has 0 spiro atoms. The maximum Gasteiger partial charge on any atom is 0.249 e. The summed E-state index contributed by atoms with van der Waals surface area (Å²) < 4.78 is 10.7. The van der Waals surface area contributed by atoms with Crippen LogP contribution in [0.1, 0.15) is 11.1 Å². The van der Waals surface area contributed by atoms with Gasteiger partial charge < -0.3 is 20.1 Å². The summed E-state index contributed by atoms with van der Waals surface area (Å²) in [7, 11) is 0. The predicted octanol–water partition coefficient (Wildman–Crippen LogP) is 3.26. The van der Waals surface area contributed by atoms with Gasteiger partial charge in [0, 0.05) is 18.3 Å². The van der Waals surface area contributed by atoms with Crippen LogP contribution >= 0.6 is 0 Å². The summed E-state index contributed by atoms with van der Waals surface area (Å²) in [6.07, 6.45) is 1.60. The van der Waals surface area contributed by atoms with E-state index in [4.69, 9.17) is 9.47 Å². The van der Waals surface area contributed by atoms with Gasteiger partial charge in [0.15, 0.2) is 17.3 Å². The van der Waals surface area contributed by atoms with Crippen molar-refractivity contribution in [2.75, 3.05) is 17.4 Å². The maximum atomic E-state index is 5.37. The highest BCUT2D eigenvalue weighted by Crippen LogP contribution is 2.34. The SMILES string of the molecule is Cc1cccc(CNc2cnnc(Nc3ccc4c(c3)OCO4)n2)c1. The van der Waals surface area contributed by atoms with Gasteiger partial charge in [0.1, 0.15) is 0 Å². The largest absolute Gasteiger partial charge is 0.454 e. The van der Waals surface area contributed by atoms with E-state index >= 15 is 0 Å². The molecule has 0 bridgehead atoms. The highest BCUT2D eigenvalue weighted by molar-refractivity contribution is 5.60. The smallest absolute Gasteiger partial charge is 0.249 e. The van der Waals surface area contributed by atoms with E-state index in [2.05, 4.69) is 50.9 Å². The molecule has 3 aromatic rings. The fourth-order valence-electron chi connectivity index (χ4n) is 2.56. The monoisotopic (exact) mass is 335 g/mol. The molecule has 4 rings (SSSR count). The number of rotatable bonds is 5. The molecule has 0 saturated heterocycles. The topological polar surface area (TPSA) is 81.2 Å². The number of anilines is 3. The molecule has 0 aliphatic carbocycles. The summed E-state index contributed by atoms with van der Waals surface area (Å²) in [4.78, 5) is 4.43. The van der Waals surface area contributed by atoms with Crippen LogP contribution in [0.2, 0.25) is 0 Å². The van der Waals surface area contributed by atoms with E-state index in [0.717, 1.165) is 11.4 Å². The van der Waals surface area contributed by atoms with Crippen LogP contribution in [-0.4, -0.2) is 22.0 Å². The lowest BCUT2D eigenvalue weighted by atomic mass is 10.1. The first-order valence-electron chi connectivity index (χ1n) is 7.92. The molecule has 2 N–H and O–H groups in total. The molecule has 1 aliphatic heterocycles. The summed E-state index contributed by atoms with van der Waals surface area (Å²) in [6.45, 7) is 2.99. The zero-order chi connectivity index (χ0) is 17.1. The third-order valence-corrected chi connectivity index (χ3v) is 3.74. The minimum Gasteiger partial charge on any atom is -0.454 e. The van der Waals surface area contributed by atoms with Crippen molar-refractivity contribution in [1.82, 2.24) is 15.2 Å². The zero-order valence-electron chi connectivity index (χ0n) is 13.7. The van der Waals surface area contributed by atoms with Crippen molar-refractivity contribution in [3.8, 4) is 11.5 Å². The quantitative estimate of drug-likeness (QED) is 0.740. The van der Waals surface area contributed by atoms with Gasteiger partial charge in [-0.25, -0.2) is 0 Å². The van der Waals surface area contributed by atoms with Gasteiger partial charge in [0.05, 0.1) is 6.20 Å². The second-order valence-corrected chi connectivity index (χ2v) is 5.70. The van der Waals surface area contributed by atoms with Crippen molar-refractivity contribution < 1.29 is 9.47 Å². The Labute approximate surface area is 145 Å². The van der Waals surface area contributed by atoms with Gasteiger partial charge in [-0.1, -0.05) is 29.8 Å². The van der Waals surface area contributed by atoms with E-state index in [1.54, 1.807) is 6.20 Å². The van der Waals surface area contributed by atoms with Crippen LogP contribution in [0.3, 0.4) is 0 Å². The molecule has 0 atom stereocenters. The van der Waals surface area contributed by atoms with Crippen LogP contribution in [0.5, 0.6) is 11.5 Å². The Morgan fingerprint density at radius 3 is 2.92 bits per heavy atom. The van der Waals surface area contributed by atoms with Crippen molar-refractivity contribution in [3.05, 3.63) is 59.8 Å². The van der Waals surface area contributed by atoms with Crippen molar-refractivity contribution in [2.24, 2.45) is 0 Å². The van der Waals surface area contributed by atoms with Gasteiger partial charge in [-0.2, -0.15) is 10.1 Å². The van der Waals surface area contributed by atoms with Gasteiger partial charge >= 0.3 is 0 Å². The van der Waals surface area contributed by atoms with E-state index in [0.29, 0.717) is 24.1 Å². The Kier molecular flexibility index (Phi) is 4.04. The molecule has 7 nitrogen and oxygen atoms in total. The van der Waals surface area contributed by atoms with E-state index in [9.17, 15) is 0 Å². The van der Waals surface area contributed by atoms with Gasteiger partial charge in [0.2, 0.25) is 12.7 Å². The number of ether oxygens (including phenoxy) is 2. The Morgan fingerprint density at radius 1 is 1.08 bits per heavy atom. The number of aromatic nitrogens is 3. The molecule has 1 aliphatic rings. The number of benzene rings is 2. The predicted molar refractivity (Wildman–Crippen MR) is 94.2 cm³/mol. The molecular weight excluding hydrogens is 318 g/mol. The first-order chi connectivity index (χ1) is 12.3. The highest BCUT2D eigenvalue weighted by Gasteiger charge is 2.13. The molecule has 7 heteroatoms. The Balaban J connectivity index is 1.44. The van der Waals surface area contributed by atoms with Gasteiger partial charge in [-0.3, -0.25) is 0 Å². The van der Waals surface area contributed by atoms with E-state index in [1.165, 1.54) is 11.1 Å². The van der Waals surface area contributed by atoms with Gasteiger partial charge in [0.25, 0.3) is 0 Å². The number of hydrogen-bond donors (Lipinski definition) is 2. The average Bonchev–Trinajstić information content (AvgIpc) is 3.08. The molecule has 0 saturated carbocycles. The molecule has 0 fully saturated rings. The van der Waals surface area contributed by atoms with Crippen LogP contribution < -0.4 is 20.1 Å². The Hall–Kier alpha value is -3.35. The number of hydrogen-bond acceptors (Lipinski definition) is 7. The zero-order valence-corrected chi connectivity index (χ0v) is 13.7. The summed E-state index contributed by atoms with van der Waals surface area (Å²) in [5.41, 5.74) is 3.22. The molecule has 2 aromatic carbocycles. The van der Waals surface area contributed by atoms with Crippen LogP contribution in [0.15, 0.2) is 48.7 Å². The average molecular weight is 335 g/mol. The van der Waals surface area contributed by atoms with Crippen molar-refractivity contribution in [3.63, 3.8) is 0 Å². The fraction of sp³-hybridized carbons (Fsp3) is 0.167. The van der Waals surface area contributed by atoms with Crippen LogP contribution in [0.25, 0.3) is 0 Å². The molecule has 2 heterocycles. The van der Waals surface area contributed by atoms with E-state index < -0.39 is 0 Å². The second kappa shape index (κ2) is 6.64. The lowest BCUT2D eigenvalue weighted by Gasteiger charge is -2.08. The molecule has 25 heavy (non-hydrogen) atoms. The second-order valence-electron chi connectivity index (χ2n) is 5.70. The van der Waals surface area contributed by atoms with Crippen molar-refractivity contribution in [1.29, 1.82) is 0 Å². The molecule has 0 unspecified atom stereocenters. The molecule has 0 amide bonds. The minimum atomic E-state index is 0.245. The number of nitrogens with zero attached hydrogens (tertiary/aromatic N) is 3. The molecule has 1 aromatic heterocycles. The number of fused-ring (bicyclic) bond motifs is 1. The normalized spacial score (nSPS) is 12.0. The lowest BCUT2D eigenvalue weighted by Crippen LogP contribution is -2.05.